The van der Waals surface area contributed by atoms with Gasteiger partial charge in [0, 0.05) is 36.3 Å². The van der Waals surface area contributed by atoms with Crippen LogP contribution in [0.3, 0.4) is 0 Å². The number of hydrogen-bond acceptors (Lipinski definition) is 5. The van der Waals surface area contributed by atoms with Crippen molar-refractivity contribution in [3.8, 4) is 0 Å². The number of hydrogen-bond donors (Lipinski definition) is 2. The molecular weight excluding hydrogens is 382 g/mol. The Morgan fingerprint density at radius 3 is 2.64 bits per heavy atom. The van der Waals surface area contributed by atoms with E-state index in [9.17, 15) is 14.9 Å². The lowest BCUT2D eigenvalue weighted by molar-refractivity contribution is -0.384. The van der Waals surface area contributed by atoms with Crippen LogP contribution in [0.5, 0.6) is 0 Å². The molecule has 0 atom stereocenters. The summed E-state index contributed by atoms with van der Waals surface area (Å²) in [4.78, 5) is 23.4. The quantitative estimate of drug-likeness (QED) is 0.478. The predicted octanol–water partition coefficient (Wildman–Crippen LogP) is 4.15. The maximum absolute atomic E-state index is 12.5. The number of benzene rings is 2. The molecule has 2 N–H and O–H groups in total. The molecule has 0 bridgehead atoms. The Morgan fingerprint density at radius 2 is 2.00 bits per heavy atom. The smallest absolute Gasteiger partial charge is 0.293 e. The summed E-state index contributed by atoms with van der Waals surface area (Å²) in [5, 5.41) is 21.9. The summed E-state index contributed by atoms with van der Waals surface area (Å²) >= 11 is 6.12. The molecule has 9 heteroatoms. The maximum atomic E-state index is 12.5. The van der Waals surface area contributed by atoms with Crippen molar-refractivity contribution < 1.29 is 9.72 Å². The number of halogens is 1. The minimum Gasteiger partial charge on any atom is -0.375 e. The van der Waals surface area contributed by atoms with Crippen molar-refractivity contribution in [2.45, 2.75) is 13.5 Å². The second-order valence-electron chi connectivity index (χ2n) is 6.18. The van der Waals surface area contributed by atoms with Gasteiger partial charge in [0.1, 0.15) is 11.5 Å². The fourth-order valence-electron chi connectivity index (χ4n) is 2.72. The lowest BCUT2D eigenvalue weighted by Gasteiger charge is -2.10. The van der Waals surface area contributed by atoms with Gasteiger partial charge >= 0.3 is 0 Å². The summed E-state index contributed by atoms with van der Waals surface area (Å²) in [6, 6.07) is 13.2. The van der Waals surface area contributed by atoms with Gasteiger partial charge in [0.2, 0.25) is 0 Å². The Bertz CT molecular complexity index is 1050. The van der Waals surface area contributed by atoms with Gasteiger partial charge in [0.25, 0.3) is 11.6 Å². The van der Waals surface area contributed by atoms with Crippen molar-refractivity contribution >= 4 is 34.7 Å². The van der Waals surface area contributed by atoms with Crippen LogP contribution < -0.4 is 10.6 Å². The third-order valence-electron chi connectivity index (χ3n) is 4.13. The van der Waals surface area contributed by atoms with Crippen molar-refractivity contribution in [2.75, 3.05) is 10.6 Å². The van der Waals surface area contributed by atoms with E-state index in [1.54, 1.807) is 26.1 Å². The number of anilines is 2. The first-order valence-electron chi connectivity index (χ1n) is 8.43. The molecule has 0 radical (unpaired) electrons. The van der Waals surface area contributed by atoms with Crippen LogP contribution in [0.2, 0.25) is 5.02 Å². The van der Waals surface area contributed by atoms with E-state index in [2.05, 4.69) is 15.7 Å². The normalized spacial score (nSPS) is 10.5. The summed E-state index contributed by atoms with van der Waals surface area (Å²) in [6.45, 7) is 2.13. The van der Waals surface area contributed by atoms with E-state index in [0.29, 0.717) is 23.1 Å². The van der Waals surface area contributed by atoms with E-state index in [1.165, 1.54) is 22.9 Å². The Balaban J connectivity index is 1.80. The Hall–Kier alpha value is -3.39. The third kappa shape index (κ3) is 4.29. The van der Waals surface area contributed by atoms with Gasteiger partial charge in [-0.15, -0.1) is 0 Å². The van der Waals surface area contributed by atoms with E-state index in [0.717, 1.165) is 11.3 Å². The minimum absolute atomic E-state index is 0.175. The average Bonchev–Trinajstić information content (AvgIpc) is 2.97. The van der Waals surface area contributed by atoms with E-state index in [4.69, 9.17) is 11.6 Å². The van der Waals surface area contributed by atoms with Gasteiger partial charge in [-0.2, -0.15) is 5.10 Å². The highest BCUT2D eigenvalue weighted by Gasteiger charge is 2.18. The molecule has 0 saturated heterocycles. The SMILES string of the molecule is Cc1cc(NC(=O)c2ccc(NCc3ccccc3Cl)c([N+](=O)[O-])c2)n(C)n1. The van der Waals surface area contributed by atoms with E-state index in [1.807, 2.05) is 18.2 Å². The first kappa shape index (κ1) is 19.4. The van der Waals surface area contributed by atoms with Crippen LogP contribution >= 0.6 is 11.6 Å². The van der Waals surface area contributed by atoms with Gasteiger partial charge in [0.05, 0.1) is 10.6 Å². The summed E-state index contributed by atoms with van der Waals surface area (Å²) in [6.07, 6.45) is 0. The monoisotopic (exact) mass is 399 g/mol. The van der Waals surface area contributed by atoms with Crippen LogP contribution in [0.15, 0.2) is 48.5 Å². The Labute approximate surface area is 166 Å². The number of carbonyl (C=O) groups excluding carboxylic acids is 1. The van der Waals surface area contributed by atoms with Gasteiger partial charge in [-0.1, -0.05) is 29.8 Å². The molecular formula is C19H18ClN5O3. The van der Waals surface area contributed by atoms with Crippen molar-refractivity contribution in [1.29, 1.82) is 0 Å². The van der Waals surface area contributed by atoms with Gasteiger partial charge in [-0.3, -0.25) is 19.6 Å². The average molecular weight is 400 g/mol. The van der Waals surface area contributed by atoms with Crippen LogP contribution in [-0.2, 0) is 13.6 Å². The predicted molar refractivity (Wildman–Crippen MR) is 108 cm³/mol. The zero-order chi connectivity index (χ0) is 20.3. The first-order chi connectivity index (χ1) is 13.3. The molecule has 0 fully saturated rings. The largest absolute Gasteiger partial charge is 0.375 e. The first-order valence-corrected chi connectivity index (χ1v) is 8.80. The fraction of sp³-hybridized carbons (Fsp3) is 0.158. The number of aromatic nitrogens is 2. The molecule has 2 aromatic carbocycles. The third-order valence-corrected chi connectivity index (χ3v) is 4.50. The topological polar surface area (TPSA) is 102 Å². The summed E-state index contributed by atoms with van der Waals surface area (Å²) < 4.78 is 1.53. The number of nitro groups is 1. The van der Waals surface area contributed by atoms with Crippen LogP contribution in [-0.4, -0.2) is 20.6 Å². The molecule has 1 heterocycles. The Morgan fingerprint density at radius 1 is 1.25 bits per heavy atom. The number of amides is 1. The molecule has 28 heavy (non-hydrogen) atoms. The maximum Gasteiger partial charge on any atom is 0.293 e. The molecule has 3 aromatic rings. The van der Waals surface area contributed by atoms with Crippen molar-refractivity contribution in [3.05, 3.63) is 80.5 Å². The van der Waals surface area contributed by atoms with Crippen LogP contribution in [0, 0.1) is 17.0 Å². The highest BCUT2D eigenvalue weighted by Crippen LogP contribution is 2.27. The van der Waals surface area contributed by atoms with Crippen molar-refractivity contribution in [2.24, 2.45) is 7.05 Å². The molecule has 0 unspecified atom stereocenters. The number of rotatable bonds is 6. The second kappa shape index (κ2) is 8.10. The van der Waals surface area contributed by atoms with E-state index < -0.39 is 10.8 Å². The van der Waals surface area contributed by atoms with E-state index >= 15 is 0 Å². The summed E-state index contributed by atoms with van der Waals surface area (Å²) in [7, 11) is 1.70. The van der Waals surface area contributed by atoms with Gasteiger partial charge < -0.3 is 10.6 Å². The number of nitro benzene ring substituents is 1. The number of nitrogens with one attached hydrogen (secondary N) is 2. The van der Waals surface area contributed by atoms with Gasteiger partial charge in [0.15, 0.2) is 0 Å². The number of carbonyl (C=O) groups is 1. The number of aryl methyl sites for hydroxylation is 2. The fourth-order valence-corrected chi connectivity index (χ4v) is 2.92. The molecule has 3 rings (SSSR count). The minimum atomic E-state index is -0.528. The van der Waals surface area contributed by atoms with Crippen LogP contribution in [0.25, 0.3) is 0 Å². The molecule has 0 saturated carbocycles. The highest BCUT2D eigenvalue weighted by atomic mass is 35.5. The summed E-state index contributed by atoms with van der Waals surface area (Å²) in [5.74, 6) is 0.0508. The zero-order valence-corrected chi connectivity index (χ0v) is 16.0. The van der Waals surface area contributed by atoms with Crippen molar-refractivity contribution in [3.63, 3.8) is 0 Å². The molecule has 1 amide bonds. The molecule has 0 aliphatic heterocycles. The molecule has 0 spiro atoms. The van der Waals surface area contributed by atoms with E-state index in [-0.39, 0.29) is 11.3 Å². The van der Waals surface area contributed by atoms with Gasteiger partial charge in [-0.25, -0.2) is 0 Å². The number of nitrogens with zero attached hydrogens (tertiary/aromatic N) is 3. The Kier molecular flexibility index (Phi) is 5.60. The standard InChI is InChI=1S/C19H18ClN5O3/c1-12-9-18(24(2)23-12)22-19(26)13-7-8-16(17(10-13)25(27)28)21-11-14-5-3-4-6-15(14)20/h3-10,21H,11H2,1-2H3,(H,22,26). The summed E-state index contributed by atoms with van der Waals surface area (Å²) in [5.41, 5.74) is 1.85. The second-order valence-corrected chi connectivity index (χ2v) is 6.59. The molecule has 144 valence electrons. The highest BCUT2D eigenvalue weighted by molar-refractivity contribution is 6.31. The van der Waals surface area contributed by atoms with Crippen LogP contribution in [0.4, 0.5) is 17.2 Å². The molecule has 0 aliphatic rings. The molecule has 0 aliphatic carbocycles. The van der Waals surface area contributed by atoms with Gasteiger partial charge in [-0.05, 0) is 30.7 Å². The van der Waals surface area contributed by atoms with Crippen LogP contribution in [0.1, 0.15) is 21.6 Å². The molecule has 8 nitrogen and oxygen atoms in total. The lowest BCUT2D eigenvalue weighted by Crippen LogP contribution is -2.15. The lowest BCUT2D eigenvalue weighted by atomic mass is 10.1. The molecule has 1 aromatic heterocycles. The van der Waals surface area contributed by atoms with Crippen molar-refractivity contribution in [1.82, 2.24) is 9.78 Å². The zero-order valence-electron chi connectivity index (χ0n) is 15.3.